The van der Waals surface area contributed by atoms with Gasteiger partial charge in [-0.05, 0) is 37.5 Å². The van der Waals surface area contributed by atoms with Gasteiger partial charge in [-0.2, -0.15) is 15.2 Å². The summed E-state index contributed by atoms with van der Waals surface area (Å²) in [6.07, 6.45) is 3.19. The number of carbonyl (C=O) groups excluding carboxylic acids is 1. The lowest BCUT2D eigenvalue weighted by molar-refractivity contribution is -0.144. The minimum Gasteiger partial charge on any atom is -0.491 e. The highest BCUT2D eigenvalue weighted by Crippen LogP contribution is 2.56. The summed E-state index contributed by atoms with van der Waals surface area (Å²) in [5.74, 6) is -1.21. The van der Waals surface area contributed by atoms with Gasteiger partial charge in [0, 0.05) is 48.5 Å². The van der Waals surface area contributed by atoms with Gasteiger partial charge in [-0.15, -0.1) is 11.3 Å². The van der Waals surface area contributed by atoms with E-state index in [9.17, 15) is 14.4 Å². The van der Waals surface area contributed by atoms with Crippen LogP contribution in [0.25, 0.3) is 32.1 Å². The predicted octanol–water partition coefficient (Wildman–Crippen LogP) is 6.16. The van der Waals surface area contributed by atoms with Crippen LogP contribution in [-0.2, 0) is 9.53 Å². The number of hydrogen-bond donors (Lipinski definition) is 2. The molecule has 10 nitrogen and oxygen atoms in total. The molecule has 2 atom stereocenters. The maximum absolute atomic E-state index is 16.8. The summed E-state index contributed by atoms with van der Waals surface area (Å²) >= 11 is 7.84. The smallest absolute Gasteiger partial charge is 0.318 e. The number of amides is 1. The average Bonchev–Trinajstić information content (AvgIpc) is 3.70. The van der Waals surface area contributed by atoms with Crippen molar-refractivity contribution in [3.05, 3.63) is 47.0 Å². The number of benzene rings is 2. The number of nitrogens with one attached hydrogen (secondary N) is 1. The first-order valence-corrected chi connectivity index (χ1v) is 15.8. The first kappa shape index (κ1) is 31.7. The van der Waals surface area contributed by atoms with E-state index in [2.05, 4.69) is 21.9 Å². The Bertz CT molecular complexity index is 1940. The number of carbonyl (C=O) groups is 1. The van der Waals surface area contributed by atoms with Crippen molar-refractivity contribution in [1.82, 2.24) is 14.9 Å². The molecule has 0 bridgehead atoms. The fraction of sp³-hybridized carbons (Fsp3) is 0.375. The molecule has 2 aliphatic rings. The lowest BCUT2D eigenvalue weighted by Gasteiger charge is -2.52. The number of fused-ring (bicyclic) bond motifs is 2. The number of methoxy groups -OCH3 is 2. The van der Waals surface area contributed by atoms with Crippen LogP contribution < -0.4 is 20.5 Å². The Morgan fingerprint density at radius 2 is 2.09 bits per heavy atom. The molecule has 240 valence electrons. The number of aromatic nitrogens is 2. The Morgan fingerprint density at radius 1 is 1.33 bits per heavy atom. The molecule has 0 unspecified atom stereocenters. The van der Waals surface area contributed by atoms with Crippen LogP contribution >= 0.6 is 22.9 Å². The van der Waals surface area contributed by atoms with E-state index in [0.717, 1.165) is 24.2 Å². The van der Waals surface area contributed by atoms with Gasteiger partial charge < -0.3 is 30.2 Å². The molecule has 4 aromatic rings. The fourth-order valence-corrected chi connectivity index (χ4v) is 7.91. The van der Waals surface area contributed by atoms with E-state index in [4.69, 9.17) is 31.5 Å². The van der Waals surface area contributed by atoms with Crippen molar-refractivity contribution < 1.29 is 27.8 Å². The first-order chi connectivity index (χ1) is 22.1. The molecule has 2 aromatic heterocycles. The SMILES string of the molecule is C=CC(=O)N1C[C@@H](CNc2nc(OC)nc3c(F)c(-c4ccc(F)c5sc(N)c(C#N)c45)c(Cl)c(OCC)c23)[C@H]1C1(COC)CC1. The van der Waals surface area contributed by atoms with Crippen LogP contribution in [0.3, 0.4) is 0 Å². The second kappa shape index (κ2) is 12.2. The average molecular weight is 669 g/mol. The van der Waals surface area contributed by atoms with Gasteiger partial charge in [0.05, 0.1) is 41.0 Å². The number of nitrogens with zero attached hydrogens (tertiary/aromatic N) is 4. The van der Waals surface area contributed by atoms with Crippen molar-refractivity contribution in [3.8, 4) is 29.0 Å². The van der Waals surface area contributed by atoms with Gasteiger partial charge in [-0.25, -0.2) is 8.78 Å². The molecule has 0 spiro atoms. The molecular weight excluding hydrogens is 638 g/mol. The normalized spacial score (nSPS) is 18.2. The Kier molecular flexibility index (Phi) is 8.39. The first-order valence-electron chi connectivity index (χ1n) is 14.6. The molecular formula is C32H31ClF2N6O4S. The highest BCUT2D eigenvalue weighted by atomic mass is 35.5. The number of likely N-dealkylation sites (tertiary alicyclic amines) is 1. The van der Waals surface area contributed by atoms with Crippen molar-refractivity contribution in [2.24, 2.45) is 11.3 Å². The summed E-state index contributed by atoms with van der Waals surface area (Å²) in [4.78, 5) is 23.3. The summed E-state index contributed by atoms with van der Waals surface area (Å²) < 4.78 is 48.6. The molecule has 1 amide bonds. The number of nitriles is 1. The maximum atomic E-state index is 16.8. The standard InChI is InChI=1S/C32H31ClF2N6O4S/c1-5-19(42)41-13-15(28(41)32(9-10-32)14-43-3)12-38-30-22-25(39-31(40-30)44-4)24(35)21(23(33)26(22)45-6-2)16-7-8-18(34)27-20(16)17(11-36)29(37)46-27/h5,7-8,15,28H,1,6,9-10,12-14,37H2,2-4H3,(H,38,39,40)/t15-,28+/m1/s1. The fourth-order valence-electron chi connectivity index (χ4n) is 6.63. The van der Waals surface area contributed by atoms with Gasteiger partial charge in [0.1, 0.15) is 28.2 Å². The molecule has 3 N–H and O–H groups in total. The molecule has 1 aliphatic heterocycles. The summed E-state index contributed by atoms with van der Waals surface area (Å²) in [5.41, 5.74) is 5.81. The second-order valence-corrected chi connectivity index (χ2v) is 12.8. The Hall–Kier alpha value is -4.25. The highest BCUT2D eigenvalue weighted by Gasteiger charge is 2.59. The number of hydrogen-bond acceptors (Lipinski definition) is 10. The zero-order valence-electron chi connectivity index (χ0n) is 25.4. The van der Waals surface area contributed by atoms with Gasteiger partial charge >= 0.3 is 6.01 Å². The van der Waals surface area contributed by atoms with Gasteiger partial charge in [0.25, 0.3) is 0 Å². The lowest BCUT2D eigenvalue weighted by atomic mass is 9.77. The number of ether oxygens (including phenoxy) is 3. The van der Waals surface area contributed by atoms with Gasteiger partial charge in [0.15, 0.2) is 11.6 Å². The lowest BCUT2D eigenvalue weighted by Crippen LogP contribution is -2.64. The summed E-state index contributed by atoms with van der Waals surface area (Å²) in [6.45, 7) is 6.98. The third-order valence-electron chi connectivity index (χ3n) is 8.79. The molecule has 14 heteroatoms. The number of rotatable bonds is 11. The van der Waals surface area contributed by atoms with Crippen LogP contribution in [-0.4, -0.2) is 67.3 Å². The number of halogens is 3. The summed E-state index contributed by atoms with van der Waals surface area (Å²) in [7, 11) is 3.01. The second-order valence-electron chi connectivity index (χ2n) is 11.4. The molecule has 0 radical (unpaired) electrons. The van der Waals surface area contributed by atoms with Crippen LogP contribution in [0.15, 0.2) is 24.8 Å². The Morgan fingerprint density at radius 3 is 2.72 bits per heavy atom. The minimum atomic E-state index is -0.838. The predicted molar refractivity (Wildman–Crippen MR) is 173 cm³/mol. The van der Waals surface area contributed by atoms with Crippen molar-refractivity contribution >= 4 is 60.7 Å². The van der Waals surface area contributed by atoms with E-state index in [-0.39, 0.29) is 95.2 Å². The molecule has 6 rings (SSSR count). The summed E-state index contributed by atoms with van der Waals surface area (Å²) in [6, 6.07) is 4.35. The van der Waals surface area contributed by atoms with Gasteiger partial charge in [0.2, 0.25) is 5.91 Å². The van der Waals surface area contributed by atoms with Crippen LogP contribution in [0.2, 0.25) is 5.02 Å². The minimum absolute atomic E-state index is 0.0200. The van der Waals surface area contributed by atoms with Crippen molar-refractivity contribution in [2.45, 2.75) is 25.8 Å². The number of nitrogens with two attached hydrogens (primary N) is 1. The van der Waals surface area contributed by atoms with E-state index >= 15 is 4.39 Å². The topological polar surface area (TPSA) is 136 Å². The van der Waals surface area contributed by atoms with E-state index < -0.39 is 11.6 Å². The number of thiophene rings is 1. The monoisotopic (exact) mass is 668 g/mol. The van der Waals surface area contributed by atoms with Crippen molar-refractivity contribution in [2.75, 3.05) is 51.6 Å². The van der Waals surface area contributed by atoms with Gasteiger partial charge in [-0.1, -0.05) is 24.2 Å². The van der Waals surface area contributed by atoms with Crippen LogP contribution in [0.4, 0.5) is 19.6 Å². The number of anilines is 2. The Balaban J connectivity index is 1.49. The molecule has 2 aromatic carbocycles. The van der Waals surface area contributed by atoms with E-state index in [1.54, 1.807) is 14.0 Å². The van der Waals surface area contributed by atoms with E-state index in [1.165, 1.54) is 25.3 Å². The quantitative estimate of drug-likeness (QED) is 0.180. The highest BCUT2D eigenvalue weighted by molar-refractivity contribution is 7.23. The van der Waals surface area contributed by atoms with Crippen LogP contribution in [0, 0.1) is 34.3 Å². The van der Waals surface area contributed by atoms with Crippen molar-refractivity contribution in [1.29, 1.82) is 5.26 Å². The maximum Gasteiger partial charge on any atom is 0.318 e. The molecule has 46 heavy (non-hydrogen) atoms. The third kappa shape index (κ3) is 4.96. The van der Waals surface area contributed by atoms with Crippen molar-refractivity contribution in [3.63, 3.8) is 0 Å². The molecule has 1 saturated carbocycles. The number of nitrogen functional groups attached to an aromatic ring is 1. The van der Waals surface area contributed by atoms with Gasteiger partial charge in [-0.3, -0.25) is 4.79 Å². The largest absolute Gasteiger partial charge is 0.491 e. The summed E-state index contributed by atoms with van der Waals surface area (Å²) in [5, 5.41) is 13.5. The molecule has 3 heterocycles. The van der Waals surface area contributed by atoms with E-state index in [1.807, 2.05) is 11.0 Å². The third-order valence-corrected chi connectivity index (χ3v) is 10.2. The molecule has 2 fully saturated rings. The zero-order chi connectivity index (χ0) is 32.9. The zero-order valence-corrected chi connectivity index (χ0v) is 27.0. The molecule has 1 saturated heterocycles. The van der Waals surface area contributed by atoms with Crippen LogP contribution in [0.5, 0.6) is 11.8 Å². The Labute approximate surface area is 272 Å². The van der Waals surface area contributed by atoms with E-state index in [0.29, 0.717) is 19.7 Å². The molecule has 1 aliphatic carbocycles. The van der Waals surface area contributed by atoms with Crippen LogP contribution in [0.1, 0.15) is 25.3 Å².